The SMILES string of the molecule is COc1ccc([C@@H](C(=O)NCCC(C)C)N(C(=O)c2snc(C(N)=O)c2N)c2ccccc2)cc1. The Labute approximate surface area is 208 Å². The van der Waals surface area contributed by atoms with Crippen LogP contribution >= 0.6 is 11.5 Å². The molecular weight excluding hydrogens is 466 g/mol. The van der Waals surface area contributed by atoms with Gasteiger partial charge in [0.15, 0.2) is 5.69 Å². The molecule has 10 heteroatoms. The number of nitrogen functional groups attached to an aromatic ring is 1. The highest BCUT2D eigenvalue weighted by molar-refractivity contribution is 7.09. The van der Waals surface area contributed by atoms with E-state index >= 15 is 0 Å². The second-order valence-corrected chi connectivity index (χ2v) is 9.07. The number of primary amides is 1. The number of hydrogen-bond donors (Lipinski definition) is 3. The van der Waals surface area contributed by atoms with Gasteiger partial charge in [-0.15, -0.1) is 0 Å². The minimum atomic E-state index is -1.03. The molecule has 0 radical (unpaired) electrons. The number of nitrogens with two attached hydrogens (primary N) is 2. The topological polar surface area (TPSA) is 141 Å². The van der Waals surface area contributed by atoms with Crippen molar-refractivity contribution in [3.05, 3.63) is 70.7 Å². The van der Waals surface area contributed by atoms with E-state index in [1.165, 1.54) is 4.90 Å². The summed E-state index contributed by atoms with van der Waals surface area (Å²) in [5.74, 6) is -0.749. The molecule has 0 spiro atoms. The van der Waals surface area contributed by atoms with Crippen molar-refractivity contribution >= 4 is 40.6 Å². The third kappa shape index (κ3) is 5.96. The normalized spacial score (nSPS) is 11.7. The number of aromatic nitrogens is 1. The fraction of sp³-hybridized carbons (Fsp3) is 0.280. The van der Waals surface area contributed by atoms with Crippen LogP contribution in [0.15, 0.2) is 54.6 Å². The van der Waals surface area contributed by atoms with Crippen LogP contribution in [0.3, 0.4) is 0 Å². The number of rotatable bonds is 10. The van der Waals surface area contributed by atoms with Gasteiger partial charge in [-0.25, -0.2) is 0 Å². The summed E-state index contributed by atoms with van der Waals surface area (Å²) in [4.78, 5) is 40.5. The number of para-hydroxylation sites is 1. The maximum absolute atomic E-state index is 13.9. The number of carbonyl (C=O) groups is 3. The van der Waals surface area contributed by atoms with Gasteiger partial charge in [0.2, 0.25) is 5.91 Å². The zero-order valence-corrected chi connectivity index (χ0v) is 20.7. The molecule has 1 heterocycles. The van der Waals surface area contributed by atoms with Crippen molar-refractivity contribution in [1.82, 2.24) is 9.69 Å². The lowest BCUT2D eigenvalue weighted by molar-refractivity contribution is -0.122. The number of methoxy groups -OCH3 is 1. The monoisotopic (exact) mass is 495 g/mol. The third-order valence-electron chi connectivity index (χ3n) is 5.37. The predicted molar refractivity (Wildman–Crippen MR) is 136 cm³/mol. The van der Waals surface area contributed by atoms with Crippen LogP contribution in [0.4, 0.5) is 11.4 Å². The third-order valence-corrected chi connectivity index (χ3v) is 6.22. The molecule has 0 aliphatic rings. The highest BCUT2D eigenvalue weighted by Crippen LogP contribution is 2.33. The van der Waals surface area contributed by atoms with Gasteiger partial charge in [-0.05, 0) is 53.7 Å². The van der Waals surface area contributed by atoms with E-state index in [4.69, 9.17) is 16.2 Å². The Morgan fingerprint density at radius 3 is 2.29 bits per heavy atom. The molecule has 5 N–H and O–H groups in total. The summed E-state index contributed by atoms with van der Waals surface area (Å²) >= 11 is 0.769. The molecule has 184 valence electrons. The van der Waals surface area contributed by atoms with E-state index in [2.05, 4.69) is 23.5 Å². The van der Waals surface area contributed by atoms with Gasteiger partial charge in [-0.1, -0.05) is 44.2 Å². The Morgan fingerprint density at radius 2 is 1.74 bits per heavy atom. The standard InChI is InChI=1S/C25H29N5O4S/c1-15(2)13-14-28-24(32)21(16-9-11-18(34-3)12-10-16)30(17-7-5-4-6-8-17)25(33)22-19(26)20(23(27)31)29-35-22/h4-12,15,21H,13-14,26H2,1-3H3,(H2,27,31)(H,28,32)/t21-/m0/s1. The van der Waals surface area contributed by atoms with Crippen LogP contribution in [0.5, 0.6) is 5.75 Å². The molecule has 0 saturated heterocycles. The maximum atomic E-state index is 13.9. The quantitative estimate of drug-likeness (QED) is 0.394. The number of anilines is 2. The van der Waals surface area contributed by atoms with E-state index in [-0.39, 0.29) is 22.2 Å². The molecule has 0 saturated carbocycles. The Hall–Kier alpha value is -3.92. The van der Waals surface area contributed by atoms with Crippen molar-refractivity contribution in [2.24, 2.45) is 11.7 Å². The Kier molecular flexibility index (Phi) is 8.43. The lowest BCUT2D eigenvalue weighted by Gasteiger charge is -2.31. The summed E-state index contributed by atoms with van der Waals surface area (Å²) in [6.07, 6.45) is 0.782. The highest BCUT2D eigenvalue weighted by atomic mass is 32.1. The van der Waals surface area contributed by atoms with Gasteiger partial charge in [-0.3, -0.25) is 19.3 Å². The van der Waals surface area contributed by atoms with Crippen LogP contribution in [0.2, 0.25) is 0 Å². The largest absolute Gasteiger partial charge is 0.497 e. The van der Waals surface area contributed by atoms with Crippen LogP contribution < -0.4 is 26.4 Å². The molecule has 0 unspecified atom stereocenters. The summed E-state index contributed by atoms with van der Waals surface area (Å²) < 4.78 is 9.21. The number of hydrogen-bond acceptors (Lipinski definition) is 7. The fourth-order valence-electron chi connectivity index (χ4n) is 3.50. The lowest BCUT2D eigenvalue weighted by Crippen LogP contribution is -2.44. The van der Waals surface area contributed by atoms with Gasteiger partial charge >= 0.3 is 0 Å². The van der Waals surface area contributed by atoms with Crippen LogP contribution in [0.25, 0.3) is 0 Å². The van der Waals surface area contributed by atoms with Crippen LogP contribution in [0, 0.1) is 5.92 Å². The predicted octanol–water partition coefficient (Wildman–Crippen LogP) is 3.38. The first kappa shape index (κ1) is 25.7. The smallest absolute Gasteiger partial charge is 0.273 e. The molecule has 0 aliphatic heterocycles. The first-order valence-electron chi connectivity index (χ1n) is 11.1. The Bertz CT molecular complexity index is 1180. The van der Waals surface area contributed by atoms with Crippen LogP contribution in [-0.4, -0.2) is 35.7 Å². The molecule has 3 aromatic rings. The van der Waals surface area contributed by atoms with Crippen LogP contribution in [-0.2, 0) is 4.79 Å². The lowest BCUT2D eigenvalue weighted by atomic mass is 10.0. The van der Waals surface area contributed by atoms with E-state index in [1.54, 1.807) is 55.6 Å². The number of amides is 3. The molecule has 0 bridgehead atoms. The van der Waals surface area contributed by atoms with Crippen molar-refractivity contribution in [2.45, 2.75) is 26.3 Å². The number of nitrogens with zero attached hydrogens (tertiary/aromatic N) is 2. The van der Waals surface area contributed by atoms with Crippen molar-refractivity contribution < 1.29 is 19.1 Å². The second kappa shape index (κ2) is 11.5. The number of benzene rings is 2. The fourth-order valence-corrected chi connectivity index (χ4v) is 4.24. The van der Waals surface area contributed by atoms with E-state index in [0.717, 1.165) is 18.0 Å². The summed E-state index contributed by atoms with van der Waals surface area (Å²) in [6, 6.07) is 14.7. The Morgan fingerprint density at radius 1 is 1.09 bits per heavy atom. The zero-order valence-electron chi connectivity index (χ0n) is 19.9. The number of ether oxygens (including phenoxy) is 1. The van der Waals surface area contributed by atoms with Crippen molar-refractivity contribution in [3.8, 4) is 5.75 Å². The van der Waals surface area contributed by atoms with Crippen molar-refractivity contribution in [3.63, 3.8) is 0 Å². The number of nitrogens with one attached hydrogen (secondary N) is 1. The van der Waals surface area contributed by atoms with E-state index in [0.29, 0.717) is 29.5 Å². The van der Waals surface area contributed by atoms with Crippen molar-refractivity contribution in [2.75, 3.05) is 24.3 Å². The molecule has 35 heavy (non-hydrogen) atoms. The van der Waals surface area contributed by atoms with Gasteiger partial charge in [0.25, 0.3) is 11.8 Å². The molecule has 3 amide bonds. The minimum Gasteiger partial charge on any atom is -0.497 e. The van der Waals surface area contributed by atoms with E-state index in [9.17, 15) is 14.4 Å². The molecule has 3 rings (SSSR count). The first-order valence-corrected chi connectivity index (χ1v) is 11.9. The summed E-state index contributed by atoms with van der Waals surface area (Å²) in [6.45, 7) is 4.58. The summed E-state index contributed by atoms with van der Waals surface area (Å²) in [7, 11) is 1.55. The molecule has 1 aromatic heterocycles. The highest BCUT2D eigenvalue weighted by Gasteiger charge is 2.35. The molecule has 0 aliphatic carbocycles. The molecule has 1 atom stereocenters. The molecule has 9 nitrogen and oxygen atoms in total. The van der Waals surface area contributed by atoms with E-state index < -0.39 is 17.9 Å². The summed E-state index contributed by atoms with van der Waals surface area (Å²) in [5.41, 5.74) is 12.2. The average Bonchev–Trinajstić information content (AvgIpc) is 3.24. The molecular formula is C25H29N5O4S. The Balaban J connectivity index is 2.12. The van der Waals surface area contributed by atoms with Crippen molar-refractivity contribution in [1.29, 1.82) is 0 Å². The number of carbonyl (C=O) groups excluding carboxylic acids is 3. The second-order valence-electron chi connectivity index (χ2n) is 8.30. The van der Waals surface area contributed by atoms with Gasteiger partial charge in [-0.2, -0.15) is 4.37 Å². The van der Waals surface area contributed by atoms with Gasteiger partial charge in [0.1, 0.15) is 16.7 Å². The molecule has 0 fully saturated rings. The maximum Gasteiger partial charge on any atom is 0.273 e. The van der Waals surface area contributed by atoms with E-state index in [1.807, 2.05) is 6.07 Å². The molecule has 2 aromatic carbocycles. The summed E-state index contributed by atoms with van der Waals surface area (Å²) in [5, 5.41) is 2.95. The average molecular weight is 496 g/mol. The van der Waals surface area contributed by atoms with Crippen LogP contribution in [0.1, 0.15) is 52.0 Å². The van der Waals surface area contributed by atoms with Gasteiger partial charge in [0.05, 0.1) is 12.8 Å². The minimum absolute atomic E-state index is 0.0242. The first-order chi connectivity index (χ1) is 16.7. The van der Waals surface area contributed by atoms with Gasteiger partial charge < -0.3 is 21.5 Å². The van der Waals surface area contributed by atoms with Gasteiger partial charge in [0, 0.05) is 12.2 Å². The zero-order chi connectivity index (χ0) is 25.5.